The molecule has 2 amide bonds. The highest BCUT2D eigenvalue weighted by atomic mass is 16.7. The number of methoxy groups -OCH3 is 1. The Morgan fingerprint density at radius 2 is 1.40 bits per heavy atom. The van der Waals surface area contributed by atoms with Gasteiger partial charge in [0.1, 0.15) is 0 Å². The number of amides is 2. The van der Waals surface area contributed by atoms with Gasteiger partial charge < -0.3 is 45.8 Å². The molecule has 0 aliphatic carbocycles. The molecular weight excluding hydrogens is 586 g/mol. The quantitative estimate of drug-likeness (QED) is 0.0836. The molecule has 0 radical (unpaired) electrons. The summed E-state index contributed by atoms with van der Waals surface area (Å²) in [7, 11) is 1.54. The van der Waals surface area contributed by atoms with Crippen LogP contribution in [-0.4, -0.2) is 76.7 Å². The molecule has 1 fully saturated rings. The van der Waals surface area contributed by atoms with E-state index >= 15 is 0 Å². The first kappa shape index (κ1) is 39.1. The molecule has 1 saturated heterocycles. The first-order valence-corrected chi connectivity index (χ1v) is 15.2. The van der Waals surface area contributed by atoms with Crippen LogP contribution in [0.2, 0.25) is 0 Å². The van der Waals surface area contributed by atoms with Gasteiger partial charge in [0.15, 0.2) is 23.0 Å². The number of rotatable bonds is 17. The summed E-state index contributed by atoms with van der Waals surface area (Å²) in [5.41, 5.74) is 7.07. The highest BCUT2D eigenvalue weighted by Gasteiger charge is 2.32. The van der Waals surface area contributed by atoms with Crippen LogP contribution in [0.1, 0.15) is 75.8 Å². The summed E-state index contributed by atoms with van der Waals surface area (Å²) in [6, 6.07) is 9.46. The average molecular weight is 636 g/mol. The molecule has 2 aromatic carbocycles. The van der Waals surface area contributed by atoms with Gasteiger partial charge in [-0.25, -0.2) is 4.79 Å². The lowest BCUT2D eigenvalue weighted by molar-refractivity contribution is -0.198. The maximum Gasteiger partial charge on any atom is 0.335 e. The van der Waals surface area contributed by atoms with E-state index < -0.39 is 17.8 Å². The Bertz CT molecular complexity index is 1150. The van der Waals surface area contributed by atoms with Crippen LogP contribution in [0.15, 0.2) is 36.4 Å². The second kappa shape index (κ2) is 23.5. The second-order valence-corrected chi connectivity index (χ2v) is 10.2. The molecule has 1 heterocycles. The number of nitrogens with two attached hydrogens (primary N) is 1. The zero-order valence-electron chi connectivity index (χ0n) is 26.3. The molecule has 0 saturated carbocycles. The maximum atomic E-state index is 11.2. The third-order valence-corrected chi connectivity index (χ3v) is 6.43. The number of nitrogens with one attached hydrogen (secondary N) is 1. The number of aromatic hydroxyl groups is 4. The molecule has 2 aromatic rings. The molecule has 13 nitrogen and oxygen atoms in total. The minimum absolute atomic E-state index is 0.0131. The van der Waals surface area contributed by atoms with Gasteiger partial charge in [0, 0.05) is 33.0 Å². The minimum Gasteiger partial charge on any atom is -0.504 e. The van der Waals surface area contributed by atoms with Gasteiger partial charge in [-0.2, -0.15) is 0 Å². The van der Waals surface area contributed by atoms with Gasteiger partial charge >= 0.3 is 5.97 Å². The van der Waals surface area contributed by atoms with Crippen molar-refractivity contribution < 1.29 is 49.1 Å². The third-order valence-electron chi connectivity index (χ3n) is 6.43. The van der Waals surface area contributed by atoms with Crippen LogP contribution in [0.5, 0.6) is 23.0 Å². The number of carbonyl (C=O) groups is 3. The predicted molar refractivity (Wildman–Crippen MR) is 167 cm³/mol. The number of phenolic OH excluding ortho intramolecular Hbond substituents is 4. The van der Waals surface area contributed by atoms with Crippen molar-refractivity contribution in [3.05, 3.63) is 47.5 Å². The maximum absolute atomic E-state index is 11.2. The van der Waals surface area contributed by atoms with Crippen LogP contribution in [0, 0.1) is 0 Å². The summed E-state index contributed by atoms with van der Waals surface area (Å²) < 4.78 is 9.79. The highest BCUT2D eigenvalue weighted by molar-refractivity contribution is 6.01. The van der Waals surface area contributed by atoms with Crippen molar-refractivity contribution in [2.45, 2.75) is 77.8 Å². The van der Waals surface area contributed by atoms with Crippen molar-refractivity contribution >= 4 is 17.8 Å². The lowest BCUT2D eigenvalue weighted by atomic mass is 10.1. The Labute approximate surface area is 264 Å². The molecule has 0 aromatic heterocycles. The van der Waals surface area contributed by atoms with E-state index in [0.29, 0.717) is 24.8 Å². The van der Waals surface area contributed by atoms with Gasteiger partial charge in [-0.15, -0.1) is 5.06 Å². The molecule has 1 aliphatic rings. The summed E-state index contributed by atoms with van der Waals surface area (Å²) in [4.78, 5) is 38.1. The molecule has 3 rings (SSSR count). The molecule has 0 unspecified atom stereocenters. The number of hydroxylamine groups is 2. The van der Waals surface area contributed by atoms with Gasteiger partial charge in [0.25, 0.3) is 11.8 Å². The van der Waals surface area contributed by atoms with E-state index in [2.05, 4.69) is 17.1 Å². The lowest BCUT2D eigenvalue weighted by Crippen LogP contribution is -2.32. The van der Waals surface area contributed by atoms with E-state index in [1.54, 1.807) is 19.2 Å². The Balaban J connectivity index is 0.000000351. The van der Waals surface area contributed by atoms with E-state index in [9.17, 15) is 24.6 Å². The largest absolute Gasteiger partial charge is 0.504 e. The van der Waals surface area contributed by atoms with Gasteiger partial charge in [0.05, 0.1) is 26.2 Å². The van der Waals surface area contributed by atoms with Crippen LogP contribution in [0.25, 0.3) is 0 Å². The van der Waals surface area contributed by atoms with Gasteiger partial charge in [0.2, 0.25) is 0 Å². The smallest absolute Gasteiger partial charge is 0.335 e. The topological polar surface area (TPSA) is 201 Å². The average Bonchev–Trinajstić information content (AvgIpc) is 3.34. The number of imide groups is 1. The number of carbonyl (C=O) groups excluding carboxylic acids is 3. The lowest BCUT2D eigenvalue weighted by Gasteiger charge is -2.12. The molecule has 0 spiro atoms. The predicted octanol–water partition coefficient (Wildman–Crippen LogP) is 3.75. The monoisotopic (exact) mass is 635 g/mol. The summed E-state index contributed by atoms with van der Waals surface area (Å²) in [5.74, 6) is -1.97. The van der Waals surface area contributed by atoms with E-state index in [0.717, 1.165) is 24.2 Å². The summed E-state index contributed by atoms with van der Waals surface area (Å²) in [6.45, 7) is 5.33. The van der Waals surface area contributed by atoms with Crippen molar-refractivity contribution in [2.24, 2.45) is 5.73 Å². The van der Waals surface area contributed by atoms with Crippen molar-refractivity contribution in [3.63, 3.8) is 0 Å². The number of ether oxygens (including phenoxy) is 2. The van der Waals surface area contributed by atoms with E-state index in [-0.39, 0.29) is 48.9 Å². The van der Waals surface area contributed by atoms with E-state index in [1.807, 2.05) is 6.07 Å². The first-order chi connectivity index (χ1) is 21.6. The van der Waals surface area contributed by atoms with Crippen LogP contribution in [0.3, 0.4) is 0 Å². The van der Waals surface area contributed by atoms with E-state index in [1.165, 1.54) is 56.7 Å². The Kier molecular flexibility index (Phi) is 20.4. The minimum atomic E-state index is -0.661. The molecular formula is C32H49N3O10. The van der Waals surface area contributed by atoms with E-state index in [4.69, 9.17) is 25.4 Å². The zero-order chi connectivity index (χ0) is 33.5. The number of nitrogens with zero attached hydrogens (tertiary/aromatic N) is 1. The molecule has 1 aliphatic heterocycles. The summed E-state index contributed by atoms with van der Waals surface area (Å²) in [5, 5.41) is 40.2. The molecule has 13 heteroatoms. The Morgan fingerprint density at radius 3 is 1.98 bits per heavy atom. The van der Waals surface area contributed by atoms with Gasteiger partial charge in [-0.05, 0) is 48.4 Å². The molecule has 252 valence electrons. The number of phenols is 4. The molecule has 0 bridgehead atoms. The summed E-state index contributed by atoms with van der Waals surface area (Å²) >= 11 is 0. The van der Waals surface area contributed by atoms with Crippen molar-refractivity contribution in [1.29, 1.82) is 0 Å². The van der Waals surface area contributed by atoms with Crippen molar-refractivity contribution in [3.8, 4) is 23.0 Å². The zero-order valence-corrected chi connectivity index (χ0v) is 26.3. The fourth-order valence-corrected chi connectivity index (χ4v) is 3.84. The second-order valence-electron chi connectivity index (χ2n) is 10.2. The molecule has 0 atom stereocenters. The number of benzene rings is 2. The van der Waals surface area contributed by atoms with Gasteiger partial charge in [-0.1, -0.05) is 51.2 Å². The highest BCUT2D eigenvalue weighted by Crippen LogP contribution is 2.25. The molecule has 45 heavy (non-hydrogen) atoms. The van der Waals surface area contributed by atoms with Crippen LogP contribution in [-0.2, 0) is 41.8 Å². The van der Waals surface area contributed by atoms with Crippen LogP contribution >= 0.6 is 0 Å². The van der Waals surface area contributed by atoms with Gasteiger partial charge in [-0.3, -0.25) is 9.59 Å². The van der Waals surface area contributed by atoms with Crippen LogP contribution < -0.4 is 11.1 Å². The Morgan fingerprint density at radius 1 is 0.822 bits per heavy atom. The van der Waals surface area contributed by atoms with Crippen molar-refractivity contribution in [2.75, 3.05) is 33.5 Å². The number of hydrogen-bond acceptors (Lipinski definition) is 12. The fraction of sp³-hybridized carbons (Fsp3) is 0.531. The SMILES string of the molecule is CCCCCCCCNCc1ccc(O)c(O)c1.COCCOCCC(=O)ON1C(=O)CCC1=O.NCc1ccc(O)c(O)c1. The number of hydrogen-bond donors (Lipinski definition) is 6. The first-order valence-electron chi connectivity index (χ1n) is 15.2. The fourth-order valence-electron chi connectivity index (χ4n) is 3.84. The third kappa shape index (κ3) is 17.2. The Hall–Kier alpha value is -3.91. The standard InChI is InChI=1S/C15H25NO2.C10H15NO6.C7H9NO2/c1-2-3-4-5-6-7-10-16-12-13-8-9-14(17)15(18)11-13;1-15-6-7-16-5-4-10(14)17-11-8(12)2-3-9(11)13;8-4-5-1-2-6(9)7(10)3-5/h8-9,11,16-18H,2-7,10,12H2,1H3;2-7H2,1H3;1-3,9-10H,4,8H2. The van der Waals surface area contributed by atoms with Crippen LogP contribution in [0.4, 0.5) is 0 Å². The van der Waals surface area contributed by atoms with Crippen molar-refractivity contribution in [1.82, 2.24) is 10.4 Å². The molecule has 7 N–H and O–H groups in total. The summed E-state index contributed by atoms with van der Waals surface area (Å²) in [6.07, 6.45) is 7.98. The number of unbranched alkanes of at least 4 members (excludes halogenated alkanes) is 5. The normalized spacial score (nSPS) is 12.3.